The Hall–Kier alpha value is -1.14. The van der Waals surface area contributed by atoms with E-state index in [4.69, 9.17) is 0 Å². The molecule has 6 heteroatoms. The van der Waals surface area contributed by atoms with Gasteiger partial charge in [-0.3, -0.25) is 14.5 Å². The number of likely N-dealkylation sites (tertiary alicyclic amines) is 1. The molecule has 138 valence electrons. The van der Waals surface area contributed by atoms with Gasteiger partial charge in [-0.1, -0.05) is 13.8 Å². The van der Waals surface area contributed by atoms with Gasteiger partial charge >= 0.3 is 0 Å². The maximum Gasteiger partial charge on any atom is 0.222 e. The number of hydrogen-bond donors (Lipinski definition) is 1. The predicted molar refractivity (Wildman–Crippen MR) is 93.5 cm³/mol. The summed E-state index contributed by atoms with van der Waals surface area (Å²) >= 11 is 0. The monoisotopic (exact) mass is 339 g/mol. The highest BCUT2D eigenvalue weighted by atomic mass is 16.3. The smallest absolute Gasteiger partial charge is 0.222 e. The molecule has 2 fully saturated rings. The van der Waals surface area contributed by atoms with E-state index in [-0.39, 0.29) is 17.9 Å². The second-order valence-electron chi connectivity index (χ2n) is 7.57. The van der Waals surface area contributed by atoms with E-state index >= 15 is 0 Å². The Morgan fingerprint density at radius 2 is 1.62 bits per heavy atom. The molecule has 2 aliphatic rings. The number of carbonyl (C=O) groups is 2. The summed E-state index contributed by atoms with van der Waals surface area (Å²) < 4.78 is 0. The van der Waals surface area contributed by atoms with Crippen LogP contribution in [0.5, 0.6) is 0 Å². The highest BCUT2D eigenvalue weighted by Crippen LogP contribution is 2.20. The van der Waals surface area contributed by atoms with Crippen molar-refractivity contribution in [1.82, 2.24) is 14.7 Å². The Balaban J connectivity index is 1.86. The van der Waals surface area contributed by atoms with E-state index in [1.807, 2.05) is 9.80 Å². The van der Waals surface area contributed by atoms with Gasteiger partial charge in [0.05, 0.1) is 6.10 Å². The molecule has 0 aromatic carbocycles. The molecule has 0 aliphatic carbocycles. The summed E-state index contributed by atoms with van der Waals surface area (Å²) in [6, 6.07) is 0.0991. The van der Waals surface area contributed by atoms with Crippen LogP contribution in [0.15, 0.2) is 0 Å². The molecule has 2 heterocycles. The molecular formula is C18H33N3O3. The Morgan fingerprint density at radius 3 is 2.21 bits per heavy atom. The molecule has 0 radical (unpaired) electrons. The fraction of sp³-hybridized carbons (Fsp3) is 0.889. The van der Waals surface area contributed by atoms with Gasteiger partial charge in [-0.2, -0.15) is 0 Å². The second-order valence-corrected chi connectivity index (χ2v) is 7.57. The van der Waals surface area contributed by atoms with Gasteiger partial charge in [0.2, 0.25) is 11.8 Å². The van der Waals surface area contributed by atoms with Gasteiger partial charge in [0.25, 0.3) is 0 Å². The molecule has 0 aromatic rings. The standard InChI is InChI=1S/C18H33N3O3/c1-14(2)4-5-18(24)21-8-6-16(17(23)7-9-21)20-12-10-19(11-13-20)15(3)22/h14,16-17,23H,4-13H2,1-3H3/t16-,17-/m0/s1. The molecular weight excluding hydrogens is 306 g/mol. The lowest BCUT2D eigenvalue weighted by molar-refractivity contribution is -0.132. The molecule has 24 heavy (non-hydrogen) atoms. The Labute approximate surface area is 145 Å². The molecule has 0 saturated carbocycles. The van der Waals surface area contributed by atoms with Crippen LogP contribution in [-0.2, 0) is 9.59 Å². The van der Waals surface area contributed by atoms with E-state index in [1.54, 1.807) is 6.92 Å². The fourth-order valence-corrected chi connectivity index (χ4v) is 3.69. The van der Waals surface area contributed by atoms with Gasteiger partial charge in [-0.15, -0.1) is 0 Å². The fourth-order valence-electron chi connectivity index (χ4n) is 3.69. The molecule has 6 nitrogen and oxygen atoms in total. The van der Waals surface area contributed by atoms with E-state index in [9.17, 15) is 14.7 Å². The first-order valence-corrected chi connectivity index (χ1v) is 9.34. The number of rotatable bonds is 4. The van der Waals surface area contributed by atoms with Crippen molar-refractivity contribution in [2.24, 2.45) is 5.92 Å². The SMILES string of the molecule is CC(=O)N1CCN([C@H]2CCN(C(=O)CCC(C)C)CC[C@@H]2O)CC1. The van der Waals surface area contributed by atoms with Crippen molar-refractivity contribution in [2.75, 3.05) is 39.3 Å². The molecule has 2 aliphatic heterocycles. The van der Waals surface area contributed by atoms with Crippen molar-refractivity contribution in [3.63, 3.8) is 0 Å². The highest BCUT2D eigenvalue weighted by molar-refractivity contribution is 5.76. The van der Waals surface area contributed by atoms with Crippen LogP contribution in [0.1, 0.15) is 46.5 Å². The number of nitrogens with zero attached hydrogens (tertiary/aromatic N) is 3. The zero-order valence-electron chi connectivity index (χ0n) is 15.4. The van der Waals surface area contributed by atoms with Crippen molar-refractivity contribution < 1.29 is 14.7 Å². The Bertz CT molecular complexity index is 433. The van der Waals surface area contributed by atoms with Crippen molar-refractivity contribution in [3.05, 3.63) is 0 Å². The van der Waals surface area contributed by atoms with Gasteiger partial charge < -0.3 is 14.9 Å². The van der Waals surface area contributed by atoms with Crippen LogP contribution >= 0.6 is 0 Å². The summed E-state index contributed by atoms with van der Waals surface area (Å²) in [6.45, 7) is 10.3. The number of aliphatic hydroxyl groups excluding tert-OH is 1. The minimum absolute atomic E-state index is 0.0991. The first-order chi connectivity index (χ1) is 11.4. The van der Waals surface area contributed by atoms with E-state index in [0.717, 1.165) is 45.6 Å². The molecule has 0 aromatic heterocycles. The molecule has 0 spiro atoms. The van der Waals surface area contributed by atoms with Crippen molar-refractivity contribution in [1.29, 1.82) is 0 Å². The maximum absolute atomic E-state index is 12.3. The largest absolute Gasteiger partial charge is 0.391 e. The molecule has 2 amide bonds. The third kappa shape index (κ3) is 5.18. The number of aliphatic hydroxyl groups is 1. The number of piperazine rings is 1. The molecule has 2 atom stereocenters. The number of carbonyl (C=O) groups excluding carboxylic acids is 2. The van der Waals surface area contributed by atoms with Gasteiger partial charge in [0.1, 0.15) is 0 Å². The van der Waals surface area contributed by atoms with Gasteiger partial charge in [0.15, 0.2) is 0 Å². The minimum atomic E-state index is -0.392. The molecule has 2 rings (SSSR count). The van der Waals surface area contributed by atoms with Crippen LogP contribution < -0.4 is 0 Å². The third-order valence-electron chi connectivity index (χ3n) is 5.35. The minimum Gasteiger partial charge on any atom is -0.391 e. The average Bonchev–Trinajstić information content (AvgIpc) is 2.74. The lowest BCUT2D eigenvalue weighted by atomic mass is 10.0. The van der Waals surface area contributed by atoms with Crippen molar-refractivity contribution in [3.8, 4) is 0 Å². The topological polar surface area (TPSA) is 64.1 Å². The summed E-state index contributed by atoms with van der Waals surface area (Å²) in [5.41, 5.74) is 0. The van der Waals surface area contributed by atoms with Crippen LogP contribution in [0.25, 0.3) is 0 Å². The molecule has 1 N–H and O–H groups in total. The van der Waals surface area contributed by atoms with Crippen LogP contribution in [0, 0.1) is 5.92 Å². The van der Waals surface area contributed by atoms with Crippen LogP contribution in [0.3, 0.4) is 0 Å². The third-order valence-corrected chi connectivity index (χ3v) is 5.35. The van der Waals surface area contributed by atoms with Crippen LogP contribution in [-0.4, -0.2) is 83.0 Å². The zero-order chi connectivity index (χ0) is 17.7. The van der Waals surface area contributed by atoms with Crippen LogP contribution in [0.2, 0.25) is 0 Å². The van der Waals surface area contributed by atoms with E-state index in [0.29, 0.717) is 25.3 Å². The summed E-state index contributed by atoms with van der Waals surface area (Å²) in [4.78, 5) is 29.9. The van der Waals surface area contributed by atoms with Crippen LogP contribution in [0.4, 0.5) is 0 Å². The molecule has 0 bridgehead atoms. The van der Waals surface area contributed by atoms with E-state index < -0.39 is 6.10 Å². The zero-order valence-corrected chi connectivity index (χ0v) is 15.4. The predicted octanol–water partition coefficient (Wildman–Crippen LogP) is 0.939. The highest BCUT2D eigenvalue weighted by Gasteiger charge is 2.32. The molecule has 2 saturated heterocycles. The average molecular weight is 339 g/mol. The van der Waals surface area contributed by atoms with Gasteiger partial charge in [0, 0.05) is 58.7 Å². The summed E-state index contributed by atoms with van der Waals surface area (Å²) in [6.07, 6.45) is 2.60. The van der Waals surface area contributed by atoms with E-state index in [1.165, 1.54) is 0 Å². The summed E-state index contributed by atoms with van der Waals surface area (Å²) in [7, 11) is 0. The van der Waals surface area contributed by atoms with Gasteiger partial charge in [-0.05, 0) is 25.2 Å². The van der Waals surface area contributed by atoms with Crippen molar-refractivity contribution >= 4 is 11.8 Å². The first-order valence-electron chi connectivity index (χ1n) is 9.34. The lowest BCUT2D eigenvalue weighted by Crippen LogP contribution is -2.54. The summed E-state index contributed by atoms with van der Waals surface area (Å²) in [5.74, 6) is 0.882. The number of hydrogen-bond acceptors (Lipinski definition) is 4. The normalized spacial score (nSPS) is 26.5. The Morgan fingerprint density at radius 1 is 1.00 bits per heavy atom. The molecule has 0 unspecified atom stereocenters. The maximum atomic E-state index is 12.3. The Kier molecular flexibility index (Phi) is 7.04. The van der Waals surface area contributed by atoms with E-state index in [2.05, 4.69) is 18.7 Å². The second kappa shape index (κ2) is 8.81. The quantitative estimate of drug-likeness (QED) is 0.828. The number of amides is 2. The van der Waals surface area contributed by atoms with Gasteiger partial charge in [-0.25, -0.2) is 0 Å². The lowest BCUT2D eigenvalue weighted by Gasteiger charge is -2.40. The first kappa shape index (κ1) is 19.2. The van der Waals surface area contributed by atoms with Crippen molar-refractivity contribution in [2.45, 2.75) is 58.6 Å². The summed E-state index contributed by atoms with van der Waals surface area (Å²) in [5, 5.41) is 10.5.